The van der Waals surface area contributed by atoms with Crippen molar-refractivity contribution in [3.8, 4) is 45.5 Å². The molecule has 0 spiro atoms. The summed E-state index contributed by atoms with van der Waals surface area (Å²) in [4.78, 5) is 0. The lowest BCUT2D eigenvalue weighted by Gasteiger charge is -2.61. The molecule has 2 heterocycles. The van der Waals surface area contributed by atoms with Crippen molar-refractivity contribution in [1.82, 2.24) is 4.40 Å². The molecule has 3 nitrogen and oxygen atoms in total. The summed E-state index contributed by atoms with van der Waals surface area (Å²) in [6, 6.07) is 32.7. The zero-order valence-electron chi connectivity index (χ0n) is 54.8. The number of allylic oxidation sites excluding steroid dienone is 4. The normalized spacial score (nSPS) is 21.7. The molecule has 84 heavy (non-hydrogen) atoms. The fraction of sp³-hybridized carbons (Fsp3) is 0.481. The minimum atomic E-state index is -0.429. The highest BCUT2D eigenvalue weighted by atomic mass is 14.9. The van der Waals surface area contributed by atoms with Crippen molar-refractivity contribution < 1.29 is 0 Å². The van der Waals surface area contributed by atoms with Crippen molar-refractivity contribution in [2.24, 2.45) is 17.3 Å². The van der Waals surface area contributed by atoms with Crippen LogP contribution in [0.4, 0.5) is 0 Å². The summed E-state index contributed by atoms with van der Waals surface area (Å²) in [7, 11) is 0. The first-order valence-corrected chi connectivity index (χ1v) is 33.1. The highest BCUT2D eigenvalue weighted by Crippen LogP contribution is 2.73. The zero-order chi connectivity index (χ0) is 60.2. The molecule has 8 aromatic rings. The van der Waals surface area contributed by atoms with E-state index in [1.54, 1.807) is 5.57 Å². The summed E-state index contributed by atoms with van der Waals surface area (Å²) >= 11 is 0. The first-order valence-electron chi connectivity index (χ1n) is 33.1. The van der Waals surface area contributed by atoms with E-state index in [1.807, 2.05) is 13.8 Å². The van der Waals surface area contributed by atoms with E-state index in [2.05, 4.69) is 213 Å². The van der Waals surface area contributed by atoms with Crippen molar-refractivity contribution >= 4 is 43.7 Å². The second kappa shape index (κ2) is 20.1. The largest absolute Gasteiger partial charge is 0.308 e. The first-order chi connectivity index (χ1) is 40.0. The van der Waals surface area contributed by atoms with Gasteiger partial charge in [0.2, 0.25) is 0 Å². The highest BCUT2D eigenvalue weighted by molar-refractivity contribution is 6.34. The van der Waals surface area contributed by atoms with E-state index in [0.717, 1.165) is 85.9 Å². The number of hydrogen-bond acceptors (Lipinski definition) is 2. The maximum absolute atomic E-state index is 11.3. The molecule has 0 aliphatic heterocycles. The number of benzene rings is 6. The second-order valence-electron chi connectivity index (χ2n) is 29.4. The predicted molar refractivity (Wildman–Crippen MR) is 359 cm³/mol. The molecule has 2 aromatic heterocycles. The van der Waals surface area contributed by atoms with Gasteiger partial charge in [0.15, 0.2) is 0 Å². The molecule has 14 rings (SSSR count). The van der Waals surface area contributed by atoms with Crippen LogP contribution < -0.4 is 0 Å². The quantitative estimate of drug-likeness (QED) is 0.152. The number of aromatic nitrogens is 1. The van der Waals surface area contributed by atoms with Crippen molar-refractivity contribution in [3.05, 3.63) is 151 Å². The molecule has 0 saturated heterocycles. The lowest BCUT2D eigenvalue weighted by atomic mass is 9.41. The van der Waals surface area contributed by atoms with Gasteiger partial charge in [-0.05, 0) is 223 Å². The summed E-state index contributed by atoms with van der Waals surface area (Å²) in [5, 5.41) is 28.2. The Balaban J connectivity index is 0.00000111. The summed E-state index contributed by atoms with van der Waals surface area (Å²) in [6.45, 7) is 45.0. The van der Waals surface area contributed by atoms with E-state index in [0.29, 0.717) is 23.7 Å². The van der Waals surface area contributed by atoms with Crippen LogP contribution in [0.5, 0.6) is 0 Å². The molecular weight excluding hydrogens is 1010 g/mol. The van der Waals surface area contributed by atoms with E-state index < -0.39 is 5.41 Å². The summed E-state index contributed by atoms with van der Waals surface area (Å²) in [5.41, 5.74) is 29.5. The molecule has 3 unspecified atom stereocenters. The Morgan fingerprint density at radius 3 is 1.67 bits per heavy atom. The summed E-state index contributed by atoms with van der Waals surface area (Å²) < 4.78 is 2.63. The Hall–Kier alpha value is -6.42. The fourth-order valence-electron chi connectivity index (χ4n) is 18.6. The predicted octanol–water partition coefficient (Wildman–Crippen LogP) is 22.9. The lowest BCUT2D eigenvalue weighted by Crippen LogP contribution is -2.58. The van der Waals surface area contributed by atoms with Crippen LogP contribution >= 0.6 is 0 Å². The van der Waals surface area contributed by atoms with Gasteiger partial charge in [-0.2, -0.15) is 10.5 Å². The van der Waals surface area contributed by atoms with Gasteiger partial charge in [0.1, 0.15) is 0 Å². The molecular formula is C81H95N3. The molecule has 6 aromatic carbocycles. The zero-order valence-corrected chi connectivity index (χ0v) is 54.8. The maximum atomic E-state index is 11.3. The molecule has 0 bridgehead atoms. The van der Waals surface area contributed by atoms with E-state index in [1.165, 1.54) is 128 Å². The standard InChI is InChI=1S/C75H79N3.C4H10.C2H6/c1-15-74(16-2)31-30-52-46(39-77)36-59-65(68(52)74)67-63-54-28-26-44(60-48(41(6)7)23-20-24-49(60)42(8)9)34-56(54)72(12,13)73(14)69(63)62(53-27-25-43(33-55(53)71(73,10)11)50-22-19-18-21-47(50)40(4)5)66-64-58(78(59)70(66)67)35-45(38-76)51-29-32-75(17-3)37-57(75)61(51)64;1-4(2)3;1-2/h19-20,22-28,33-36,40-42,57H,15-18,21,29-32,37H2,1-14H3;4H,1-3H3;1-2H3. The van der Waals surface area contributed by atoms with Gasteiger partial charge in [-0.1, -0.05) is 192 Å². The highest BCUT2D eigenvalue weighted by Gasteiger charge is 2.63. The van der Waals surface area contributed by atoms with Crippen molar-refractivity contribution in [2.75, 3.05) is 0 Å². The minimum Gasteiger partial charge on any atom is -0.308 e. The first kappa shape index (κ1) is 58.0. The van der Waals surface area contributed by atoms with E-state index in [4.69, 9.17) is 0 Å². The van der Waals surface area contributed by atoms with Crippen molar-refractivity contribution in [1.29, 1.82) is 10.5 Å². The Labute approximate surface area is 505 Å². The van der Waals surface area contributed by atoms with Gasteiger partial charge in [0.05, 0.1) is 39.8 Å². The number of nitriles is 2. The fourth-order valence-corrected chi connectivity index (χ4v) is 18.6. The van der Waals surface area contributed by atoms with Gasteiger partial charge in [-0.3, -0.25) is 0 Å². The van der Waals surface area contributed by atoms with Crippen LogP contribution in [0.25, 0.3) is 77.0 Å². The van der Waals surface area contributed by atoms with Crippen LogP contribution in [0.2, 0.25) is 0 Å². The van der Waals surface area contributed by atoms with Crippen molar-refractivity contribution in [2.45, 2.75) is 235 Å². The molecule has 6 aliphatic rings. The second-order valence-corrected chi connectivity index (χ2v) is 29.4. The molecule has 0 N–H and O–H groups in total. The molecule has 6 aliphatic carbocycles. The SMILES string of the molecule is CC.CC(C)C.CCC1(CC)CCc2c(C#N)cc3c(c21)c1c2c4c(c5c6c7c(c(C#N)cc6n3c51)CCC1(CC)CC71)-c1ccc(C3=C(C(C)C)CCC=C3)cc1C(C)(C)C4(C)C(C)(C)c1cc(-c3c(C(C)C)cccc3C(C)C)ccc1-2. The molecule has 1 saturated carbocycles. The van der Waals surface area contributed by atoms with Crippen LogP contribution in [0.3, 0.4) is 0 Å². The molecule has 3 heteroatoms. The van der Waals surface area contributed by atoms with Crippen LogP contribution in [-0.4, -0.2) is 4.40 Å². The van der Waals surface area contributed by atoms with Crippen LogP contribution in [-0.2, 0) is 34.5 Å². The molecule has 434 valence electrons. The van der Waals surface area contributed by atoms with Crippen LogP contribution in [0.15, 0.2) is 84.5 Å². The summed E-state index contributed by atoms with van der Waals surface area (Å²) in [6.07, 6.45) is 15.5. The van der Waals surface area contributed by atoms with E-state index in [9.17, 15) is 10.5 Å². The number of rotatable bonds is 8. The average Bonchev–Trinajstić information content (AvgIpc) is 1.37. The van der Waals surface area contributed by atoms with Gasteiger partial charge in [0, 0.05) is 37.8 Å². The Kier molecular flexibility index (Phi) is 13.9. The number of hydrogen-bond donors (Lipinski definition) is 0. The Morgan fingerprint density at radius 1 is 0.583 bits per heavy atom. The number of fused-ring (bicyclic) bond motifs is 18. The van der Waals surface area contributed by atoms with Gasteiger partial charge >= 0.3 is 0 Å². The lowest BCUT2D eigenvalue weighted by molar-refractivity contribution is 0.158. The van der Waals surface area contributed by atoms with E-state index >= 15 is 0 Å². The topological polar surface area (TPSA) is 52.0 Å². The third-order valence-electron chi connectivity index (χ3n) is 23.4. The third-order valence-corrected chi connectivity index (χ3v) is 23.4. The average molecular weight is 1110 g/mol. The Morgan fingerprint density at radius 2 is 1.12 bits per heavy atom. The Bertz CT molecular complexity index is 4180. The van der Waals surface area contributed by atoms with Crippen LogP contribution in [0, 0.1) is 39.9 Å². The van der Waals surface area contributed by atoms with Crippen LogP contribution in [0.1, 0.15) is 267 Å². The number of nitrogens with zero attached hydrogens (tertiary/aromatic N) is 3. The van der Waals surface area contributed by atoms with Crippen molar-refractivity contribution in [3.63, 3.8) is 0 Å². The molecule has 1 fully saturated rings. The molecule has 3 atom stereocenters. The molecule has 0 radical (unpaired) electrons. The van der Waals surface area contributed by atoms with Gasteiger partial charge in [-0.25, -0.2) is 0 Å². The third kappa shape index (κ3) is 7.51. The minimum absolute atomic E-state index is 0.0656. The van der Waals surface area contributed by atoms with E-state index in [-0.39, 0.29) is 21.7 Å². The maximum Gasteiger partial charge on any atom is 0.0995 e. The van der Waals surface area contributed by atoms with Gasteiger partial charge < -0.3 is 4.40 Å². The van der Waals surface area contributed by atoms with Gasteiger partial charge in [0.25, 0.3) is 0 Å². The molecule has 0 amide bonds. The smallest absolute Gasteiger partial charge is 0.0995 e. The monoisotopic (exact) mass is 1110 g/mol. The summed E-state index contributed by atoms with van der Waals surface area (Å²) in [5.74, 6) is 2.45. The van der Waals surface area contributed by atoms with Gasteiger partial charge in [-0.15, -0.1) is 0 Å².